The van der Waals surface area contributed by atoms with Gasteiger partial charge in [-0.1, -0.05) is 0 Å². The molecule has 9 heteroatoms. The van der Waals surface area contributed by atoms with Crippen LogP contribution in [0, 0.1) is 0 Å². The second kappa shape index (κ2) is 4.60. The van der Waals surface area contributed by atoms with Gasteiger partial charge < -0.3 is 15.3 Å². The summed E-state index contributed by atoms with van der Waals surface area (Å²) in [6, 6.07) is -1.62. The zero-order chi connectivity index (χ0) is 13.2. The van der Waals surface area contributed by atoms with Crippen LogP contribution in [-0.2, 0) is 14.4 Å². The number of carbonyl (C=O) groups is 3. The molecule has 0 bridgehead atoms. The molecule has 1 fully saturated rings. The van der Waals surface area contributed by atoms with Crippen LogP contribution in [0.3, 0.4) is 0 Å². The highest BCUT2D eigenvalue weighted by atomic mass is 19.4. The third kappa shape index (κ3) is 3.08. The summed E-state index contributed by atoms with van der Waals surface area (Å²) < 4.78 is 36.6. The first-order valence-corrected chi connectivity index (χ1v) is 4.60. The summed E-state index contributed by atoms with van der Waals surface area (Å²) in [5, 5.41) is 10.7. The van der Waals surface area contributed by atoms with Crippen LogP contribution >= 0.6 is 0 Å². The average Bonchev–Trinajstić information content (AvgIpc) is 2.18. The molecule has 6 nitrogen and oxygen atoms in total. The maximum absolute atomic E-state index is 12.2. The molecule has 0 aliphatic carbocycles. The van der Waals surface area contributed by atoms with Crippen LogP contribution in [0.1, 0.15) is 6.42 Å². The number of carboxylic acid groups (broad SMARTS) is 1. The fourth-order valence-corrected chi connectivity index (χ4v) is 1.49. The smallest absolute Gasteiger partial charge is 0.471 e. The van der Waals surface area contributed by atoms with E-state index in [1.807, 2.05) is 0 Å². The van der Waals surface area contributed by atoms with Gasteiger partial charge in [0.2, 0.25) is 5.91 Å². The van der Waals surface area contributed by atoms with E-state index in [9.17, 15) is 27.6 Å². The summed E-state index contributed by atoms with van der Waals surface area (Å²) in [5.74, 6) is -4.54. The standard InChI is InChI=1S/C8H9F3N2O4/c9-8(10,11)7(17)13-2-1-12-6(16)4(13)3-5(14)15/h4H,1-3H2,(H,12,16)(H,14,15). The van der Waals surface area contributed by atoms with Crippen molar-refractivity contribution >= 4 is 17.8 Å². The number of rotatable bonds is 2. The van der Waals surface area contributed by atoms with Gasteiger partial charge in [-0.25, -0.2) is 0 Å². The minimum atomic E-state index is -5.12. The van der Waals surface area contributed by atoms with Gasteiger partial charge in [-0.15, -0.1) is 0 Å². The van der Waals surface area contributed by atoms with Crippen LogP contribution in [0.2, 0.25) is 0 Å². The number of carboxylic acids is 1. The quantitative estimate of drug-likeness (QED) is 0.685. The van der Waals surface area contributed by atoms with Crippen molar-refractivity contribution in [1.82, 2.24) is 10.2 Å². The number of hydrogen-bond acceptors (Lipinski definition) is 3. The van der Waals surface area contributed by atoms with E-state index in [1.54, 1.807) is 0 Å². The summed E-state index contributed by atoms with van der Waals surface area (Å²) in [7, 11) is 0. The van der Waals surface area contributed by atoms with Gasteiger partial charge >= 0.3 is 18.1 Å². The first-order chi connectivity index (χ1) is 7.73. The van der Waals surface area contributed by atoms with Crippen molar-refractivity contribution in [1.29, 1.82) is 0 Å². The first kappa shape index (κ1) is 13.3. The molecule has 1 unspecified atom stereocenters. The van der Waals surface area contributed by atoms with E-state index in [1.165, 1.54) is 0 Å². The van der Waals surface area contributed by atoms with Crippen molar-refractivity contribution in [3.05, 3.63) is 0 Å². The van der Waals surface area contributed by atoms with E-state index in [0.29, 0.717) is 0 Å². The molecule has 1 rings (SSSR count). The Labute approximate surface area is 93.4 Å². The second-order valence-corrected chi connectivity index (χ2v) is 3.40. The van der Waals surface area contributed by atoms with E-state index in [2.05, 4.69) is 5.32 Å². The van der Waals surface area contributed by atoms with Crippen LogP contribution in [0.25, 0.3) is 0 Å². The van der Waals surface area contributed by atoms with Crippen LogP contribution < -0.4 is 5.32 Å². The van der Waals surface area contributed by atoms with E-state index in [-0.39, 0.29) is 18.0 Å². The van der Waals surface area contributed by atoms with Crippen LogP contribution in [0.5, 0.6) is 0 Å². The summed E-state index contributed by atoms with van der Waals surface area (Å²) >= 11 is 0. The molecule has 17 heavy (non-hydrogen) atoms. The third-order valence-corrected chi connectivity index (χ3v) is 2.20. The number of halogens is 3. The minimum absolute atomic E-state index is 0.128. The summed E-state index contributed by atoms with van der Waals surface area (Å²) in [6.45, 7) is -0.487. The van der Waals surface area contributed by atoms with Gasteiger partial charge in [0.25, 0.3) is 0 Å². The van der Waals surface area contributed by atoms with E-state index in [0.717, 1.165) is 0 Å². The Balaban J connectivity index is 2.90. The Kier molecular flexibility index (Phi) is 3.59. The topological polar surface area (TPSA) is 86.7 Å². The number of aliphatic carboxylic acids is 1. The number of nitrogens with one attached hydrogen (secondary N) is 1. The van der Waals surface area contributed by atoms with E-state index >= 15 is 0 Å². The highest BCUT2D eigenvalue weighted by Crippen LogP contribution is 2.22. The third-order valence-electron chi connectivity index (χ3n) is 2.20. The van der Waals surface area contributed by atoms with E-state index in [4.69, 9.17) is 5.11 Å². The van der Waals surface area contributed by atoms with Gasteiger partial charge in [-0.3, -0.25) is 14.4 Å². The lowest BCUT2D eigenvalue weighted by Crippen LogP contribution is -2.60. The lowest BCUT2D eigenvalue weighted by molar-refractivity contribution is -0.190. The van der Waals surface area contributed by atoms with Gasteiger partial charge in [-0.05, 0) is 0 Å². The Bertz CT molecular complexity index is 355. The summed E-state index contributed by atoms with van der Waals surface area (Å²) in [6.07, 6.45) is -5.97. The number of alkyl halides is 3. The van der Waals surface area contributed by atoms with Crippen molar-refractivity contribution in [2.75, 3.05) is 13.1 Å². The molecule has 0 saturated carbocycles. The summed E-state index contributed by atoms with van der Waals surface area (Å²) in [4.78, 5) is 32.9. The molecule has 0 radical (unpaired) electrons. The highest BCUT2D eigenvalue weighted by molar-refractivity contribution is 5.93. The maximum Gasteiger partial charge on any atom is 0.471 e. The molecule has 2 N–H and O–H groups in total. The minimum Gasteiger partial charge on any atom is -0.481 e. The Hall–Kier alpha value is -1.80. The molecule has 96 valence electrons. The van der Waals surface area contributed by atoms with Gasteiger partial charge in [0, 0.05) is 13.1 Å². The molecule has 1 saturated heterocycles. The van der Waals surface area contributed by atoms with Crippen LogP contribution in [0.4, 0.5) is 13.2 Å². The van der Waals surface area contributed by atoms with Crippen molar-refractivity contribution in [2.24, 2.45) is 0 Å². The van der Waals surface area contributed by atoms with Gasteiger partial charge in [0.05, 0.1) is 6.42 Å². The number of piperazine rings is 1. The van der Waals surface area contributed by atoms with Gasteiger partial charge in [-0.2, -0.15) is 13.2 Å². The average molecular weight is 254 g/mol. The highest BCUT2D eigenvalue weighted by Gasteiger charge is 2.47. The van der Waals surface area contributed by atoms with Crippen LogP contribution in [-0.4, -0.2) is 53.1 Å². The van der Waals surface area contributed by atoms with Crippen molar-refractivity contribution in [3.63, 3.8) is 0 Å². The van der Waals surface area contributed by atoms with Crippen LogP contribution in [0.15, 0.2) is 0 Å². The molecule has 1 heterocycles. The molecule has 0 aromatic rings. The fraction of sp³-hybridized carbons (Fsp3) is 0.625. The van der Waals surface area contributed by atoms with Crippen molar-refractivity contribution < 1.29 is 32.7 Å². The molecule has 1 aliphatic rings. The number of amides is 2. The largest absolute Gasteiger partial charge is 0.481 e. The SMILES string of the molecule is O=C(O)CC1C(=O)NCCN1C(=O)C(F)(F)F. The fourth-order valence-electron chi connectivity index (χ4n) is 1.49. The zero-order valence-corrected chi connectivity index (χ0v) is 8.45. The molecular formula is C8H9F3N2O4. The Morgan fingerprint density at radius 3 is 2.53 bits per heavy atom. The molecule has 1 atom stereocenters. The van der Waals surface area contributed by atoms with Crippen molar-refractivity contribution in [3.8, 4) is 0 Å². The lowest BCUT2D eigenvalue weighted by atomic mass is 10.1. The lowest BCUT2D eigenvalue weighted by Gasteiger charge is -2.34. The molecule has 2 amide bonds. The molecular weight excluding hydrogens is 245 g/mol. The zero-order valence-electron chi connectivity index (χ0n) is 8.45. The van der Waals surface area contributed by atoms with Crippen molar-refractivity contribution in [2.45, 2.75) is 18.6 Å². The Morgan fingerprint density at radius 1 is 1.47 bits per heavy atom. The molecule has 1 aliphatic heterocycles. The second-order valence-electron chi connectivity index (χ2n) is 3.40. The molecule has 0 aromatic carbocycles. The monoisotopic (exact) mass is 254 g/mol. The number of nitrogens with zero attached hydrogens (tertiary/aromatic N) is 1. The predicted molar refractivity (Wildman–Crippen MR) is 46.8 cm³/mol. The van der Waals surface area contributed by atoms with E-state index < -0.39 is 36.4 Å². The molecule has 0 aromatic heterocycles. The van der Waals surface area contributed by atoms with Gasteiger partial charge in [0.1, 0.15) is 6.04 Å². The molecule has 0 spiro atoms. The number of hydrogen-bond donors (Lipinski definition) is 2. The first-order valence-electron chi connectivity index (χ1n) is 4.60. The maximum atomic E-state index is 12.2. The van der Waals surface area contributed by atoms with Gasteiger partial charge in [0.15, 0.2) is 0 Å². The number of carbonyl (C=O) groups excluding carboxylic acids is 2. The Morgan fingerprint density at radius 2 is 2.06 bits per heavy atom. The normalized spacial score (nSPS) is 21.0. The summed E-state index contributed by atoms with van der Waals surface area (Å²) in [5.41, 5.74) is 0. The predicted octanol–water partition coefficient (Wildman–Crippen LogP) is -0.650.